The number of benzene rings is 2. The molecule has 134 valence electrons. The predicted molar refractivity (Wildman–Crippen MR) is 104 cm³/mol. The van der Waals surface area contributed by atoms with Gasteiger partial charge in [-0.15, -0.1) is 11.8 Å². The first-order valence-electron chi connectivity index (χ1n) is 9.10. The largest absolute Gasteiger partial charge is 0.341 e. The molecule has 2 heterocycles. The molecule has 4 rings (SSSR count). The summed E-state index contributed by atoms with van der Waals surface area (Å²) in [5.41, 5.74) is 2.06. The minimum absolute atomic E-state index is 0.0102. The van der Waals surface area contributed by atoms with Gasteiger partial charge in [-0.25, -0.2) is 0 Å². The number of nitrogens with one attached hydrogen (secondary N) is 1. The molecule has 2 aliphatic rings. The number of nitrogens with zero attached hydrogens (tertiary/aromatic N) is 1. The molecule has 0 bridgehead atoms. The van der Waals surface area contributed by atoms with Crippen LogP contribution in [0.2, 0.25) is 0 Å². The summed E-state index contributed by atoms with van der Waals surface area (Å²) in [5, 5.41) is 2.92. The molecule has 1 N–H and O–H groups in total. The average molecular weight is 366 g/mol. The van der Waals surface area contributed by atoms with E-state index in [0.29, 0.717) is 6.54 Å². The van der Waals surface area contributed by atoms with Crippen LogP contribution < -0.4 is 5.32 Å². The SMILES string of the molecule is O=C(Nc1ccccc1)C1CCCN(C(=O)C2Cc3ccccc3S2)C1. The lowest BCUT2D eigenvalue weighted by molar-refractivity contribution is -0.134. The zero-order valence-corrected chi connectivity index (χ0v) is 15.4. The Morgan fingerprint density at radius 1 is 1.04 bits per heavy atom. The summed E-state index contributed by atoms with van der Waals surface area (Å²) in [5.74, 6) is 0.0427. The van der Waals surface area contributed by atoms with Crippen molar-refractivity contribution < 1.29 is 9.59 Å². The van der Waals surface area contributed by atoms with Crippen molar-refractivity contribution in [2.75, 3.05) is 18.4 Å². The Morgan fingerprint density at radius 2 is 1.81 bits per heavy atom. The molecule has 1 saturated heterocycles. The summed E-state index contributed by atoms with van der Waals surface area (Å²) in [6.45, 7) is 1.27. The standard InChI is InChI=1S/C21H22N2O2S/c24-20(22-17-9-2-1-3-10-17)16-8-6-12-23(14-16)21(25)19-13-15-7-4-5-11-18(15)26-19/h1-5,7,9-11,16,19H,6,8,12-14H2,(H,22,24). The van der Waals surface area contributed by atoms with Crippen molar-refractivity contribution in [2.24, 2.45) is 5.92 Å². The number of hydrogen-bond donors (Lipinski definition) is 1. The van der Waals surface area contributed by atoms with Crippen LogP contribution in [0.1, 0.15) is 18.4 Å². The number of rotatable bonds is 3. The van der Waals surface area contributed by atoms with E-state index in [0.717, 1.165) is 31.5 Å². The van der Waals surface area contributed by atoms with Crippen LogP contribution in [-0.2, 0) is 16.0 Å². The van der Waals surface area contributed by atoms with Gasteiger partial charge in [-0.05, 0) is 43.0 Å². The van der Waals surface area contributed by atoms with Gasteiger partial charge in [0, 0.05) is 23.7 Å². The molecule has 5 heteroatoms. The van der Waals surface area contributed by atoms with Gasteiger partial charge < -0.3 is 10.2 Å². The van der Waals surface area contributed by atoms with Gasteiger partial charge in [-0.2, -0.15) is 0 Å². The fraction of sp³-hybridized carbons (Fsp3) is 0.333. The van der Waals surface area contributed by atoms with Gasteiger partial charge in [-0.1, -0.05) is 36.4 Å². The quantitative estimate of drug-likeness (QED) is 0.903. The highest BCUT2D eigenvalue weighted by atomic mass is 32.2. The Bertz CT molecular complexity index is 784. The molecular weight excluding hydrogens is 344 g/mol. The van der Waals surface area contributed by atoms with Gasteiger partial charge >= 0.3 is 0 Å². The number of para-hydroxylation sites is 1. The predicted octanol–water partition coefficient (Wildman–Crippen LogP) is 3.58. The Kier molecular flexibility index (Phi) is 4.98. The topological polar surface area (TPSA) is 49.4 Å². The molecule has 2 amide bonds. The molecule has 2 atom stereocenters. The van der Waals surface area contributed by atoms with E-state index in [2.05, 4.69) is 17.4 Å². The van der Waals surface area contributed by atoms with Gasteiger partial charge in [0.1, 0.15) is 0 Å². The van der Waals surface area contributed by atoms with Crippen LogP contribution in [0.15, 0.2) is 59.5 Å². The van der Waals surface area contributed by atoms with Crippen molar-refractivity contribution in [3.63, 3.8) is 0 Å². The van der Waals surface area contributed by atoms with E-state index in [4.69, 9.17) is 0 Å². The molecule has 2 aliphatic heterocycles. The summed E-state index contributed by atoms with van der Waals surface area (Å²) < 4.78 is 0. The second kappa shape index (κ2) is 7.54. The number of carbonyl (C=O) groups is 2. The van der Waals surface area contributed by atoms with Gasteiger partial charge in [0.2, 0.25) is 11.8 Å². The van der Waals surface area contributed by atoms with Gasteiger partial charge in [0.25, 0.3) is 0 Å². The smallest absolute Gasteiger partial charge is 0.236 e. The number of piperidine rings is 1. The highest BCUT2D eigenvalue weighted by Gasteiger charge is 2.35. The maximum absolute atomic E-state index is 13.0. The summed E-state index contributed by atoms with van der Waals surface area (Å²) >= 11 is 1.66. The molecule has 2 unspecified atom stereocenters. The zero-order valence-electron chi connectivity index (χ0n) is 14.6. The lowest BCUT2D eigenvalue weighted by atomic mass is 9.96. The molecule has 0 radical (unpaired) electrons. The monoisotopic (exact) mass is 366 g/mol. The summed E-state index contributed by atoms with van der Waals surface area (Å²) in [4.78, 5) is 28.7. The Balaban J connectivity index is 1.38. The van der Waals surface area contributed by atoms with Crippen LogP contribution in [0.3, 0.4) is 0 Å². The van der Waals surface area contributed by atoms with Gasteiger partial charge in [0.15, 0.2) is 0 Å². The Labute approximate surface area is 158 Å². The van der Waals surface area contributed by atoms with Crippen LogP contribution in [0.5, 0.6) is 0 Å². The molecular formula is C21H22N2O2S. The first-order valence-corrected chi connectivity index (χ1v) is 9.98. The van der Waals surface area contributed by atoms with Crippen LogP contribution in [0.4, 0.5) is 5.69 Å². The second-order valence-corrected chi connectivity index (χ2v) is 8.14. The fourth-order valence-corrected chi connectivity index (χ4v) is 4.96. The van der Waals surface area contributed by atoms with Crippen LogP contribution >= 0.6 is 11.8 Å². The first-order chi connectivity index (χ1) is 12.7. The lowest BCUT2D eigenvalue weighted by Crippen LogP contribution is -2.46. The van der Waals surface area contributed by atoms with E-state index in [-0.39, 0.29) is 23.0 Å². The molecule has 0 aromatic heterocycles. The van der Waals surface area contributed by atoms with Gasteiger partial charge in [0.05, 0.1) is 11.2 Å². The van der Waals surface area contributed by atoms with E-state index in [1.165, 1.54) is 10.5 Å². The van der Waals surface area contributed by atoms with Crippen LogP contribution in [0, 0.1) is 5.92 Å². The number of anilines is 1. The van der Waals surface area contributed by atoms with Crippen molar-refractivity contribution in [1.29, 1.82) is 0 Å². The number of fused-ring (bicyclic) bond motifs is 1. The van der Waals surface area contributed by atoms with Crippen molar-refractivity contribution in [3.8, 4) is 0 Å². The first kappa shape index (κ1) is 17.2. The molecule has 1 fully saturated rings. The van der Waals surface area contributed by atoms with Gasteiger partial charge in [-0.3, -0.25) is 9.59 Å². The average Bonchev–Trinajstić information content (AvgIpc) is 3.12. The summed E-state index contributed by atoms with van der Waals surface area (Å²) in [6.07, 6.45) is 2.50. The van der Waals surface area contributed by atoms with Crippen molar-refractivity contribution in [3.05, 3.63) is 60.2 Å². The number of amides is 2. The molecule has 2 aromatic rings. The second-order valence-electron chi connectivity index (χ2n) is 6.90. The van der Waals surface area contributed by atoms with E-state index < -0.39 is 0 Å². The molecule has 0 spiro atoms. The Morgan fingerprint density at radius 3 is 2.62 bits per heavy atom. The van der Waals surface area contributed by atoms with Crippen LogP contribution in [-0.4, -0.2) is 35.1 Å². The van der Waals surface area contributed by atoms with E-state index in [1.807, 2.05) is 47.4 Å². The zero-order chi connectivity index (χ0) is 17.9. The Hall–Kier alpha value is -2.27. The van der Waals surface area contributed by atoms with E-state index >= 15 is 0 Å². The van der Waals surface area contributed by atoms with Crippen LogP contribution in [0.25, 0.3) is 0 Å². The van der Waals surface area contributed by atoms with Crippen molar-refractivity contribution in [1.82, 2.24) is 4.90 Å². The molecule has 4 nitrogen and oxygen atoms in total. The lowest BCUT2D eigenvalue weighted by Gasteiger charge is -2.33. The number of thioether (sulfide) groups is 1. The molecule has 26 heavy (non-hydrogen) atoms. The van der Waals surface area contributed by atoms with E-state index in [1.54, 1.807) is 11.8 Å². The molecule has 0 aliphatic carbocycles. The summed E-state index contributed by atoms with van der Waals surface area (Å²) in [7, 11) is 0. The highest BCUT2D eigenvalue weighted by Crippen LogP contribution is 2.38. The molecule has 0 saturated carbocycles. The third kappa shape index (κ3) is 3.63. The number of carbonyl (C=O) groups excluding carboxylic acids is 2. The van der Waals surface area contributed by atoms with Crippen molar-refractivity contribution in [2.45, 2.75) is 29.4 Å². The maximum Gasteiger partial charge on any atom is 0.236 e. The summed E-state index contributed by atoms with van der Waals surface area (Å²) in [6, 6.07) is 17.7. The van der Waals surface area contributed by atoms with Crippen molar-refractivity contribution >= 4 is 29.3 Å². The maximum atomic E-state index is 13.0. The number of hydrogen-bond acceptors (Lipinski definition) is 3. The molecule has 2 aromatic carbocycles. The fourth-order valence-electron chi connectivity index (χ4n) is 3.68. The highest BCUT2D eigenvalue weighted by molar-refractivity contribution is 8.01. The minimum Gasteiger partial charge on any atom is -0.341 e. The van der Waals surface area contributed by atoms with E-state index in [9.17, 15) is 9.59 Å². The third-order valence-corrected chi connectivity index (χ3v) is 6.37. The number of likely N-dealkylation sites (tertiary alicyclic amines) is 1. The third-order valence-electron chi connectivity index (χ3n) is 5.07. The normalized spacial score (nSPS) is 21.9. The minimum atomic E-state index is -0.137.